The average Bonchev–Trinajstić information content (AvgIpc) is 2.77. The highest BCUT2D eigenvalue weighted by Gasteiger charge is 2.29. The molecule has 0 saturated carbocycles. The van der Waals surface area contributed by atoms with Gasteiger partial charge in [0.15, 0.2) is 13.1 Å². The van der Waals surface area contributed by atoms with Crippen molar-refractivity contribution in [1.29, 1.82) is 0 Å². The van der Waals surface area contributed by atoms with Gasteiger partial charge in [-0.2, -0.15) is 0 Å². The zero-order valence-corrected chi connectivity index (χ0v) is 18.9. The number of carbonyl (C=O) groups excluding carboxylic acids is 4. The molecule has 0 heterocycles. The lowest BCUT2D eigenvalue weighted by molar-refractivity contribution is -0.130. The van der Waals surface area contributed by atoms with Gasteiger partial charge in [0.1, 0.15) is 12.1 Å². The first kappa shape index (κ1) is 26.2. The quantitative estimate of drug-likeness (QED) is 0.262. The molecule has 31 heavy (non-hydrogen) atoms. The van der Waals surface area contributed by atoms with Gasteiger partial charge in [0.05, 0.1) is 13.7 Å². The van der Waals surface area contributed by atoms with E-state index in [9.17, 15) is 19.2 Å². The highest BCUT2D eigenvalue weighted by Crippen LogP contribution is 2.03. The molecule has 9 nitrogen and oxygen atoms in total. The Morgan fingerprint density at radius 1 is 1.03 bits per heavy atom. The zero-order valence-electron chi connectivity index (χ0n) is 18.9. The molecule has 1 aromatic carbocycles. The molecule has 0 spiro atoms. The van der Waals surface area contributed by atoms with Gasteiger partial charge in [0.25, 0.3) is 0 Å². The second kappa shape index (κ2) is 13.4. The summed E-state index contributed by atoms with van der Waals surface area (Å²) in [5, 5.41) is 10.7. The van der Waals surface area contributed by atoms with Crippen LogP contribution in [0.15, 0.2) is 24.3 Å². The van der Waals surface area contributed by atoms with Crippen LogP contribution in [-0.2, 0) is 14.3 Å². The number of Topliss-reactive ketones (excluding diaryl/α,β-unsaturated/α-hetero) is 1. The molecular formula is C21H33BN4O5. The Kier molecular flexibility index (Phi) is 11.3. The SMILES string of the molecule is CBc1ccc(C(=O)CNC(=O)[C@H](CNCC)NC(=O)[C@@H](NC(=O)OC)C(C)C)cc1. The molecule has 0 fully saturated rings. The van der Waals surface area contributed by atoms with E-state index < -0.39 is 30.0 Å². The Morgan fingerprint density at radius 2 is 1.68 bits per heavy atom. The molecule has 0 saturated heterocycles. The smallest absolute Gasteiger partial charge is 0.407 e. The molecule has 0 aliphatic carbocycles. The fourth-order valence-corrected chi connectivity index (χ4v) is 2.80. The normalized spacial score (nSPS) is 12.5. The van der Waals surface area contributed by atoms with Crippen molar-refractivity contribution in [3.63, 3.8) is 0 Å². The lowest BCUT2D eigenvalue weighted by atomic mass is 9.73. The average molecular weight is 432 g/mol. The minimum absolute atomic E-state index is 0.177. The van der Waals surface area contributed by atoms with Crippen LogP contribution >= 0.6 is 0 Å². The van der Waals surface area contributed by atoms with Crippen molar-refractivity contribution in [2.45, 2.75) is 39.7 Å². The zero-order chi connectivity index (χ0) is 23.4. The van der Waals surface area contributed by atoms with E-state index in [1.807, 2.05) is 25.9 Å². The third-order valence-electron chi connectivity index (χ3n) is 4.75. The van der Waals surface area contributed by atoms with Crippen LogP contribution in [-0.4, -0.2) is 69.8 Å². The Bertz CT molecular complexity index is 755. The number of benzene rings is 1. The van der Waals surface area contributed by atoms with Crippen molar-refractivity contribution in [2.24, 2.45) is 5.92 Å². The van der Waals surface area contributed by atoms with E-state index >= 15 is 0 Å². The van der Waals surface area contributed by atoms with Crippen molar-refractivity contribution in [3.05, 3.63) is 29.8 Å². The van der Waals surface area contributed by atoms with Gasteiger partial charge in [-0.25, -0.2) is 4.79 Å². The first-order valence-electron chi connectivity index (χ1n) is 10.5. The molecule has 10 heteroatoms. The van der Waals surface area contributed by atoms with Crippen LogP contribution in [0.25, 0.3) is 0 Å². The van der Waals surface area contributed by atoms with Gasteiger partial charge in [0, 0.05) is 12.1 Å². The highest BCUT2D eigenvalue weighted by molar-refractivity contribution is 6.51. The Balaban J connectivity index is 2.77. The molecular weight excluding hydrogens is 399 g/mol. The number of methoxy groups -OCH3 is 1. The van der Waals surface area contributed by atoms with E-state index in [0.29, 0.717) is 12.1 Å². The summed E-state index contributed by atoms with van der Waals surface area (Å²) in [6, 6.07) is 5.44. The molecule has 0 aromatic heterocycles. The molecule has 0 radical (unpaired) electrons. The van der Waals surface area contributed by atoms with Crippen LogP contribution in [0, 0.1) is 5.92 Å². The van der Waals surface area contributed by atoms with Crippen molar-refractivity contribution in [1.82, 2.24) is 21.3 Å². The predicted molar refractivity (Wildman–Crippen MR) is 121 cm³/mol. The monoisotopic (exact) mass is 432 g/mol. The number of hydrogen-bond acceptors (Lipinski definition) is 6. The minimum Gasteiger partial charge on any atom is -0.453 e. The number of alkyl carbamates (subject to hydrolysis) is 1. The molecule has 1 aromatic rings. The number of amides is 3. The minimum atomic E-state index is -0.914. The summed E-state index contributed by atoms with van der Waals surface area (Å²) in [5.41, 5.74) is 1.63. The van der Waals surface area contributed by atoms with Crippen LogP contribution in [0.4, 0.5) is 4.79 Å². The van der Waals surface area contributed by atoms with Gasteiger partial charge >= 0.3 is 6.09 Å². The summed E-state index contributed by atoms with van der Waals surface area (Å²) in [7, 11) is 2.08. The van der Waals surface area contributed by atoms with E-state index in [4.69, 9.17) is 0 Å². The van der Waals surface area contributed by atoms with Gasteiger partial charge < -0.3 is 26.0 Å². The van der Waals surface area contributed by atoms with E-state index in [2.05, 4.69) is 26.0 Å². The van der Waals surface area contributed by atoms with E-state index in [0.717, 1.165) is 12.7 Å². The van der Waals surface area contributed by atoms with Crippen molar-refractivity contribution < 1.29 is 23.9 Å². The van der Waals surface area contributed by atoms with E-state index in [1.54, 1.807) is 26.0 Å². The first-order chi connectivity index (χ1) is 14.7. The molecule has 1 rings (SSSR count). The molecule has 0 bridgehead atoms. The number of carbonyl (C=O) groups is 4. The summed E-state index contributed by atoms with van der Waals surface area (Å²) < 4.78 is 4.56. The third-order valence-corrected chi connectivity index (χ3v) is 4.75. The summed E-state index contributed by atoms with van der Waals surface area (Å²) in [5.74, 6) is -1.46. The highest BCUT2D eigenvalue weighted by atomic mass is 16.5. The van der Waals surface area contributed by atoms with Crippen LogP contribution in [0.2, 0.25) is 6.82 Å². The fourth-order valence-electron chi connectivity index (χ4n) is 2.80. The predicted octanol–water partition coefficient (Wildman–Crippen LogP) is -0.430. The second-order valence-electron chi connectivity index (χ2n) is 7.42. The number of ketones is 1. The summed E-state index contributed by atoms with van der Waals surface area (Å²) in [4.78, 5) is 49.3. The van der Waals surface area contributed by atoms with Gasteiger partial charge in [-0.15, -0.1) is 0 Å². The van der Waals surface area contributed by atoms with Gasteiger partial charge in [-0.05, 0) is 12.5 Å². The van der Waals surface area contributed by atoms with Crippen molar-refractivity contribution in [3.8, 4) is 0 Å². The van der Waals surface area contributed by atoms with Crippen LogP contribution in [0.5, 0.6) is 0 Å². The number of hydrogen-bond donors (Lipinski definition) is 4. The Labute approximate surface area is 184 Å². The molecule has 0 unspecified atom stereocenters. The van der Waals surface area contributed by atoms with Crippen LogP contribution in [0.1, 0.15) is 31.1 Å². The second-order valence-corrected chi connectivity index (χ2v) is 7.42. The third kappa shape index (κ3) is 8.79. The van der Waals surface area contributed by atoms with E-state index in [1.165, 1.54) is 7.11 Å². The summed E-state index contributed by atoms with van der Waals surface area (Å²) in [6.45, 7) is 8.02. The maximum absolute atomic E-state index is 12.7. The molecule has 2 atom stereocenters. The van der Waals surface area contributed by atoms with Crippen LogP contribution in [0.3, 0.4) is 0 Å². The van der Waals surface area contributed by atoms with Gasteiger partial charge in [-0.1, -0.05) is 57.3 Å². The number of rotatable bonds is 12. The van der Waals surface area contributed by atoms with Gasteiger partial charge in [0.2, 0.25) is 11.8 Å². The Morgan fingerprint density at radius 3 is 2.19 bits per heavy atom. The number of nitrogens with one attached hydrogen (secondary N) is 4. The number of likely N-dealkylation sites (N-methyl/N-ethyl adjacent to an activating group) is 1. The largest absolute Gasteiger partial charge is 0.453 e. The molecule has 0 aliphatic heterocycles. The summed E-state index contributed by atoms with van der Waals surface area (Å²) in [6.07, 6.45) is -0.735. The lowest BCUT2D eigenvalue weighted by Gasteiger charge is -2.25. The Hall–Kier alpha value is -2.88. The van der Waals surface area contributed by atoms with Crippen molar-refractivity contribution in [2.75, 3.05) is 26.7 Å². The standard InChI is InChI=1S/C21H33BN4O5/c1-6-23-11-16(25-20(29)18(13(2)3)26-21(30)31-5)19(28)24-12-17(27)14-7-9-15(22-4)10-8-14/h7-10,13,16,18,22-23H,6,11-12H2,1-5H3,(H,24,28)(H,25,29)(H,26,30)/t16-,18-/m0/s1. The van der Waals surface area contributed by atoms with Gasteiger partial charge in [-0.3, -0.25) is 14.4 Å². The fraction of sp³-hybridized carbons (Fsp3) is 0.524. The van der Waals surface area contributed by atoms with Crippen LogP contribution < -0.4 is 26.7 Å². The molecule has 0 aliphatic rings. The molecule has 4 N–H and O–H groups in total. The molecule has 170 valence electrons. The van der Waals surface area contributed by atoms with E-state index in [-0.39, 0.29) is 24.8 Å². The lowest BCUT2D eigenvalue weighted by Crippen LogP contribution is -2.58. The maximum atomic E-state index is 12.7. The van der Waals surface area contributed by atoms with Crippen molar-refractivity contribution >= 4 is 36.4 Å². The topological polar surface area (TPSA) is 126 Å². The maximum Gasteiger partial charge on any atom is 0.407 e. The summed E-state index contributed by atoms with van der Waals surface area (Å²) >= 11 is 0. The number of ether oxygens (including phenoxy) is 1. The first-order valence-corrected chi connectivity index (χ1v) is 10.5. The molecule has 3 amide bonds.